The number of nitrogens with one attached hydrogen (secondary N) is 1. The van der Waals surface area contributed by atoms with Crippen molar-refractivity contribution in [2.75, 3.05) is 27.2 Å². The van der Waals surface area contributed by atoms with Crippen LogP contribution in [0.15, 0.2) is 46.3 Å². The summed E-state index contributed by atoms with van der Waals surface area (Å²) in [6.07, 6.45) is 2.81. The van der Waals surface area contributed by atoms with E-state index in [1.54, 1.807) is 30.3 Å². The van der Waals surface area contributed by atoms with E-state index < -0.39 is 22.0 Å². The highest BCUT2D eigenvalue weighted by Crippen LogP contribution is 2.30. The molecule has 9 nitrogen and oxygen atoms in total. The van der Waals surface area contributed by atoms with Crippen LogP contribution in [0.2, 0.25) is 0 Å². The van der Waals surface area contributed by atoms with E-state index in [1.165, 1.54) is 13.2 Å². The Morgan fingerprint density at radius 2 is 1.84 bits per heavy atom. The smallest absolute Gasteiger partial charge is 0.264 e. The third kappa shape index (κ3) is 6.57. The fourth-order valence-electron chi connectivity index (χ4n) is 3.53. The molecule has 0 unspecified atom stereocenters. The lowest BCUT2D eigenvalue weighted by Crippen LogP contribution is -2.47. The molecule has 2 rings (SSSR count). The number of fused-ring (bicyclic) bond motifs is 1. The van der Waals surface area contributed by atoms with E-state index in [0.717, 1.165) is 12.8 Å². The third-order valence-electron chi connectivity index (χ3n) is 5.22. The average molecular weight is 464 g/mol. The number of nitrogens with zero attached hydrogens (tertiary/aromatic N) is 2. The zero-order valence-corrected chi connectivity index (χ0v) is 19.7. The van der Waals surface area contributed by atoms with Crippen LogP contribution in [0.3, 0.4) is 0 Å². The van der Waals surface area contributed by atoms with E-state index in [1.807, 2.05) is 11.9 Å². The Bertz CT molecular complexity index is 1050. The van der Waals surface area contributed by atoms with Crippen molar-refractivity contribution in [3.8, 4) is 5.75 Å². The molecule has 0 saturated heterocycles. The zero-order chi connectivity index (χ0) is 23.7. The summed E-state index contributed by atoms with van der Waals surface area (Å²) in [7, 11) is -0.764. The lowest BCUT2D eigenvalue weighted by molar-refractivity contribution is -0.124. The standard InChI is InChI=1S/C22H33N5O4S/c1-4-5-15-27(2)18(11-8-14-25-22(23)24)21(28)26-32(29,30)20-13-7-9-16-17(20)10-6-12-19(16)31-3/h6-7,9-10,12-13,18H,4-5,8,11,14-15H2,1-3H3,(H,26,28)(H4,23,24,25)/t18-/m0/s1. The number of carbonyl (C=O) groups excluding carboxylic acids is 1. The summed E-state index contributed by atoms with van der Waals surface area (Å²) < 4.78 is 34.0. The van der Waals surface area contributed by atoms with Gasteiger partial charge in [0.1, 0.15) is 5.75 Å². The molecule has 176 valence electrons. The molecule has 10 heteroatoms. The topological polar surface area (TPSA) is 140 Å². The van der Waals surface area contributed by atoms with E-state index >= 15 is 0 Å². The molecule has 2 aromatic carbocycles. The van der Waals surface area contributed by atoms with Gasteiger partial charge in [0.15, 0.2) is 5.96 Å². The van der Waals surface area contributed by atoms with E-state index in [9.17, 15) is 13.2 Å². The van der Waals surface area contributed by atoms with Crippen LogP contribution in [0.1, 0.15) is 32.6 Å². The highest BCUT2D eigenvalue weighted by atomic mass is 32.2. The monoisotopic (exact) mass is 463 g/mol. The summed E-state index contributed by atoms with van der Waals surface area (Å²) in [5.41, 5.74) is 10.7. The molecule has 0 fully saturated rings. The molecule has 0 aliphatic carbocycles. The minimum atomic E-state index is -4.10. The summed E-state index contributed by atoms with van der Waals surface area (Å²) >= 11 is 0. The summed E-state index contributed by atoms with van der Waals surface area (Å²) in [5.74, 6) is -0.0321. The van der Waals surface area contributed by atoms with Crippen molar-refractivity contribution in [3.63, 3.8) is 0 Å². The number of nitrogens with two attached hydrogens (primary N) is 2. The summed E-state index contributed by atoms with van der Waals surface area (Å²) in [6.45, 7) is 3.09. The number of rotatable bonds is 12. The number of likely N-dealkylation sites (N-methyl/N-ethyl adjacent to an activating group) is 1. The number of guanidine groups is 1. The first-order valence-electron chi connectivity index (χ1n) is 10.6. The Hall–Kier alpha value is -2.85. The second-order valence-electron chi connectivity index (χ2n) is 7.58. The van der Waals surface area contributed by atoms with Crippen molar-refractivity contribution in [3.05, 3.63) is 36.4 Å². The lowest BCUT2D eigenvalue weighted by atomic mass is 10.1. The molecule has 1 atom stereocenters. The summed E-state index contributed by atoms with van der Waals surface area (Å²) in [6, 6.07) is 9.42. The van der Waals surface area contributed by atoms with Gasteiger partial charge in [-0.3, -0.25) is 14.7 Å². The number of benzene rings is 2. The molecule has 2 aromatic rings. The number of hydrogen-bond donors (Lipinski definition) is 3. The molecule has 5 N–H and O–H groups in total. The van der Waals surface area contributed by atoms with E-state index in [-0.39, 0.29) is 10.9 Å². The first-order valence-corrected chi connectivity index (χ1v) is 12.1. The van der Waals surface area contributed by atoms with Crippen molar-refractivity contribution in [1.29, 1.82) is 0 Å². The van der Waals surface area contributed by atoms with Crippen LogP contribution in [0.25, 0.3) is 10.8 Å². The number of aliphatic imine (C=N–C) groups is 1. The predicted molar refractivity (Wildman–Crippen MR) is 127 cm³/mol. The van der Waals surface area contributed by atoms with Gasteiger partial charge in [-0.05, 0) is 45.0 Å². The molecule has 32 heavy (non-hydrogen) atoms. The van der Waals surface area contributed by atoms with Gasteiger partial charge in [-0.2, -0.15) is 0 Å². The molecular formula is C22H33N5O4S. The lowest BCUT2D eigenvalue weighted by Gasteiger charge is -2.27. The largest absolute Gasteiger partial charge is 0.496 e. The van der Waals surface area contributed by atoms with Crippen LogP contribution >= 0.6 is 0 Å². The van der Waals surface area contributed by atoms with E-state index in [4.69, 9.17) is 16.2 Å². The van der Waals surface area contributed by atoms with Crippen LogP contribution in [-0.4, -0.2) is 58.5 Å². The SMILES string of the molecule is CCCCN(C)[C@@H](CCCN=C(N)N)C(=O)NS(=O)(=O)c1cccc2c(OC)cccc12. The van der Waals surface area contributed by atoms with Gasteiger partial charge >= 0.3 is 0 Å². The Balaban J connectivity index is 2.28. The first-order chi connectivity index (χ1) is 15.2. The Labute approximate surface area is 189 Å². The number of ether oxygens (including phenoxy) is 1. The minimum Gasteiger partial charge on any atom is -0.496 e. The molecule has 0 radical (unpaired) electrons. The van der Waals surface area contributed by atoms with Gasteiger partial charge in [-0.25, -0.2) is 13.1 Å². The quantitative estimate of drug-likeness (QED) is 0.248. The highest BCUT2D eigenvalue weighted by molar-refractivity contribution is 7.90. The average Bonchev–Trinajstić information content (AvgIpc) is 2.75. The van der Waals surface area contributed by atoms with Crippen LogP contribution in [0, 0.1) is 0 Å². The van der Waals surface area contributed by atoms with Gasteiger partial charge < -0.3 is 16.2 Å². The Kier molecular flexibility index (Phi) is 9.27. The van der Waals surface area contributed by atoms with Crippen molar-refractivity contribution in [1.82, 2.24) is 9.62 Å². The van der Waals surface area contributed by atoms with Crippen molar-refractivity contribution >= 4 is 32.7 Å². The highest BCUT2D eigenvalue weighted by Gasteiger charge is 2.28. The van der Waals surface area contributed by atoms with E-state index in [0.29, 0.717) is 42.5 Å². The molecule has 0 heterocycles. The van der Waals surface area contributed by atoms with Gasteiger partial charge in [-0.1, -0.05) is 37.6 Å². The molecule has 0 spiro atoms. The number of methoxy groups -OCH3 is 1. The maximum Gasteiger partial charge on any atom is 0.264 e. The van der Waals surface area contributed by atoms with Crippen molar-refractivity contribution in [2.24, 2.45) is 16.5 Å². The summed E-state index contributed by atoms with van der Waals surface area (Å²) in [5, 5.41) is 1.13. The molecule has 0 aliphatic rings. The normalized spacial score (nSPS) is 12.5. The Morgan fingerprint density at radius 3 is 2.50 bits per heavy atom. The fourth-order valence-corrected chi connectivity index (χ4v) is 4.76. The van der Waals surface area contributed by atoms with Gasteiger partial charge in [-0.15, -0.1) is 0 Å². The molecule has 0 saturated carbocycles. The molecular weight excluding hydrogens is 430 g/mol. The molecule has 0 aromatic heterocycles. The number of carbonyl (C=O) groups is 1. The fraction of sp³-hybridized carbons (Fsp3) is 0.455. The van der Waals surface area contributed by atoms with E-state index in [2.05, 4.69) is 16.6 Å². The second kappa shape index (κ2) is 11.7. The second-order valence-corrected chi connectivity index (χ2v) is 9.23. The maximum absolute atomic E-state index is 13.2. The molecule has 0 bridgehead atoms. The van der Waals surface area contributed by atoms with Crippen LogP contribution < -0.4 is 20.9 Å². The predicted octanol–water partition coefficient (Wildman–Crippen LogP) is 1.81. The molecule has 0 aliphatic heterocycles. The van der Waals surface area contributed by atoms with Crippen molar-refractivity contribution in [2.45, 2.75) is 43.5 Å². The Morgan fingerprint density at radius 1 is 1.16 bits per heavy atom. The zero-order valence-electron chi connectivity index (χ0n) is 18.9. The summed E-state index contributed by atoms with van der Waals surface area (Å²) in [4.78, 5) is 18.9. The first kappa shape index (κ1) is 25.4. The van der Waals surface area contributed by atoms with Gasteiger partial charge in [0, 0.05) is 17.3 Å². The number of amides is 1. The van der Waals surface area contributed by atoms with Gasteiger partial charge in [0.05, 0.1) is 18.0 Å². The van der Waals surface area contributed by atoms with Gasteiger partial charge in [0.2, 0.25) is 0 Å². The number of hydrogen-bond acceptors (Lipinski definition) is 6. The number of sulfonamides is 1. The maximum atomic E-state index is 13.2. The van der Waals surface area contributed by atoms with Crippen molar-refractivity contribution < 1.29 is 17.9 Å². The van der Waals surface area contributed by atoms with Crippen LogP contribution in [0.5, 0.6) is 5.75 Å². The molecule has 1 amide bonds. The van der Waals surface area contributed by atoms with Gasteiger partial charge in [0.25, 0.3) is 15.9 Å². The third-order valence-corrected chi connectivity index (χ3v) is 6.62. The van der Waals surface area contributed by atoms with Crippen LogP contribution in [-0.2, 0) is 14.8 Å². The van der Waals surface area contributed by atoms with Crippen LogP contribution in [0.4, 0.5) is 0 Å². The minimum absolute atomic E-state index is 0.0145. The number of unbranched alkanes of at least 4 members (excludes halogenated alkanes) is 1.